The molecule has 0 radical (unpaired) electrons. The van der Waals surface area contributed by atoms with Crippen LogP contribution in [0, 0.1) is 5.92 Å². The van der Waals surface area contributed by atoms with Gasteiger partial charge < -0.3 is 9.47 Å². The van der Waals surface area contributed by atoms with E-state index in [-0.39, 0.29) is 11.9 Å². The second-order valence-electron chi connectivity index (χ2n) is 5.01. The Kier molecular flexibility index (Phi) is 4.08. The van der Waals surface area contributed by atoms with Gasteiger partial charge in [-0.1, -0.05) is 12.0 Å². The molecule has 0 aromatic carbocycles. The van der Waals surface area contributed by atoms with Crippen molar-refractivity contribution in [1.82, 2.24) is 0 Å². The van der Waals surface area contributed by atoms with Crippen molar-refractivity contribution in [2.75, 3.05) is 6.61 Å². The van der Waals surface area contributed by atoms with E-state index in [1.807, 2.05) is 6.92 Å². The number of esters is 2. The SMILES string of the molecule is CCOC(=O)C1=C(OC(C)=O)C(C)=C2CCCCC21. The van der Waals surface area contributed by atoms with Crippen molar-refractivity contribution < 1.29 is 19.1 Å². The van der Waals surface area contributed by atoms with E-state index in [1.54, 1.807) is 6.92 Å². The molecule has 4 heteroatoms. The Morgan fingerprint density at radius 2 is 2.05 bits per heavy atom. The topological polar surface area (TPSA) is 52.6 Å². The fourth-order valence-corrected chi connectivity index (χ4v) is 3.00. The third-order valence-electron chi connectivity index (χ3n) is 3.77. The van der Waals surface area contributed by atoms with Crippen LogP contribution in [0.1, 0.15) is 46.5 Å². The van der Waals surface area contributed by atoms with Crippen LogP contribution in [0.25, 0.3) is 0 Å². The lowest BCUT2D eigenvalue weighted by atomic mass is 9.82. The summed E-state index contributed by atoms with van der Waals surface area (Å²) < 4.78 is 10.4. The molecule has 0 spiro atoms. The first kappa shape index (κ1) is 13.8. The van der Waals surface area contributed by atoms with Gasteiger partial charge in [0.1, 0.15) is 5.76 Å². The highest BCUT2D eigenvalue weighted by atomic mass is 16.5. The Morgan fingerprint density at radius 3 is 2.68 bits per heavy atom. The molecule has 0 aliphatic heterocycles. The average Bonchev–Trinajstić information content (AvgIpc) is 2.63. The van der Waals surface area contributed by atoms with Gasteiger partial charge in [0.05, 0.1) is 12.2 Å². The van der Waals surface area contributed by atoms with Gasteiger partial charge in [0.2, 0.25) is 0 Å². The number of allylic oxidation sites excluding steroid dienone is 2. The molecule has 0 aromatic rings. The molecular formula is C15H20O4. The van der Waals surface area contributed by atoms with E-state index in [4.69, 9.17) is 9.47 Å². The van der Waals surface area contributed by atoms with Crippen LogP contribution in [0.2, 0.25) is 0 Å². The lowest BCUT2D eigenvalue weighted by molar-refractivity contribution is -0.139. The molecule has 0 heterocycles. The van der Waals surface area contributed by atoms with Gasteiger partial charge in [0, 0.05) is 12.8 Å². The van der Waals surface area contributed by atoms with Gasteiger partial charge in [-0.3, -0.25) is 4.79 Å². The highest BCUT2D eigenvalue weighted by molar-refractivity contribution is 5.93. The van der Waals surface area contributed by atoms with Gasteiger partial charge in [0.25, 0.3) is 0 Å². The predicted molar refractivity (Wildman–Crippen MR) is 70.1 cm³/mol. The summed E-state index contributed by atoms with van der Waals surface area (Å²) in [4.78, 5) is 23.4. The van der Waals surface area contributed by atoms with Crippen molar-refractivity contribution >= 4 is 11.9 Å². The van der Waals surface area contributed by atoms with E-state index in [0.717, 1.165) is 31.3 Å². The zero-order valence-electron chi connectivity index (χ0n) is 11.7. The molecule has 2 rings (SSSR count). The second kappa shape index (κ2) is 5.59. The minimum absolute atomic E-state index is 0.0853. The lowest BCUT2D eigenvalue weighted by Gasteiger charge is -2.22. The second-order valence-corrected chi connectivity index (χ2v) is 5.01. The van der Waals surface area contributed by atoms with Crippen LogP contribution in [0.4, 0.5) is 0 Å². The van der Waals surface area contributed by atoms with Gasteiger partial charge in [-0.15, -0.1) is 0 Å². The minimum Gasteiger partial charge on any atom is -0.463 e. The summed E-state index contributed by atoms with van der Waals surface area (Å²) in [5, 5.41) is 0. The Bertz CT molecular complexity index is 471. The highest BCUT2D eigenvalue weighted by Crippen LogP contribution is 2.46. The predicted octanol–water partition coefficient (Wildman–Crippen LogP) is 2.89. The first-order chi connectivity index (χ1) is 9.06. The molecule has 2 aliphatic rings. The summed E-state index contributed by atoms with van der Waals surface area (Å²) in [5.41, 5.74) is 2.73. The molecule has 1 atom stereocenters. The minimum atomic E-state index is -0.393. The number of ether oxygens (including phenoxy) is 2. The van der Waals surface area contributed by atoms with E-state index in [9.17, 15) is 9.59 Å². The van der Waals surface area contributed by atoms with Gasteiger partial charge in [-0.2, -0.15) is 0 Å². The Hall–Kier alpha value is -1.58. The summed E-state index contributed by atoms with van der Waals surface area (Å²) in [7, 11) is 0. The summed E-state index contributed by atoms with van der Waals surface area (Å²) in [5.74, 6) is -0.217. The fraction of sp³-hybridized carbons (Fsp3) is 0.600. The zero-order chi connectivity index (χ0) is 14.0. The number of rotatable bonds is 3. The molecular weight excluding hydrogens is 244 g/mol. The van der Waals surface area contributed by atoms with Crippen molar-refractivity contribution in [2.45, 2.75) is 46.5 Å². The van der Waals surface area contributed by atoms with Gasteiger partial charge >= 0.3 is 11.9 Å². The zero-order valence-corrected chi connectivity index (χ0v) is 11.7. The third-order valence-corrected chi connectivity index (χ3v) is 3.77. The van der Waals surface area contributed by atoms with Crippen LogP contribution in [-0.4, -0.2) is 18.5 Å². The standard InChI is InChI=1S/C15H20O4/c1-4-18-15(17)13-12-8-6-5-7-11(12)9(2)14(13)19-10(3)16/h12H,4-8H2,1-3H3. The number of hydrogen-bond acceptors (Lipinski definition) is 4. The molecule has 1 unspecified atom stereocenters. The normalized spacial score (nSPS) is 22.4. The van der Waals surface area contributed by atoms with Crippen LogP contribution >= 0.6 is 0 Å². The Balaban J connectivity index is 2.40. The lowest BCUT2D eigenvalue weighted by Crippen LogP contribution is -2.19. The molecule has 19 heavy (non-hydrogen) atoms. The number of carbonyl (C=O) groups is 2. The maximum absolute atomic E-state index is 12.1. The highest BCUT2D eigenvalue weighted by Gasteiger charge is 2.39. The quantitative estimate of drug-likeness (QED) is 0.735. The number of carbonyl (C=O) groups excluding carboxylic acids is 2. The van der Waals surface area contributed by atoms with Crippen molar-refractivity contribution in [1.29, 1.82) is 0 Å². The molecule has 0 aromatic heterocycles. The largest absolute Gasteiger partial charge is 0.463 e. The summed E-state index contributed by atoms with van der Waals surface area (Å²) >= 11 is 0. The van der Waals surface area contributed by atoms with E-state index >= 15 is 0 Å². The Labute approximate surface area is 113 Å². The van der Waals surface area contributed by atoms with Gasteiger partial charge in [-0.25, -0.2) is 4.79 Å². The smallest absolute Gasteiger partial charge is 0.338 e. The van der Waals surface area contributed by atoms with E-state index in [0.29, 0.717) is 17.9 Å². The van der Waals surface area contributed by atoms with Crippen molar-refractivity contribution in [3.8, 4) is 0 Å². The van der Waals surface area contributed by atoms with Crippen molar-refractivity contribution in [3.05, 3.63) is 22.5 Å². The van der Waals surface area contributed by atoms with E-state index in [2.05, 4.69) is 0 Å². The summed E-state index contributed by atoms with van der Waals surface area (Å²) in [6.07, 6.45) is 4.14. The summed E-state index contributed by atoms with van der Waals surface area (Å²) in [6.45, 7) is 5.39. The molecule has 0 N–H and O–H groups in total. The number of hydrogen-bond donors (Lipinski definition) is 0. The van der Waals surface area contributed by atoms with Crippen LogP contribution in [0.3, 0.4) is 0 Å². The molecule has 4 nitrogen and oxygen atoms in total. The number of fused-ring (bicyclic) bond motifs is 1. The molecule has 104 valence electrons. The molecule has 2 aliphatic carbocycles. The Morgan fingerprint density at radius 1 is 1.32 bits per heavy atom. The monoisotopic (exact) mass is 264 g/mol. The molecule has 0 amide bonds. The van der Waals surface area contributed by atoms with Crippen molar-refractivity contribution in [3.63, 3.8) is 0 Å². The molecule has 0 bridgehead atoms. The first-order valence-corrected chi connectivity index (χ1v) is 6.86. The molecule has 1 saturated carbocycles. The van der Waals surface area contributed by atoms with Crippen LogP contribution in [0.5, 0.6) is 0 Å². The van der Waals surface area contributed by atoms with Gasteiger partial charge in [-0.05, 0) is 38.7 Å². The maximum atomic E-state index is 12.1. The van der Waals surface area contributed by atoms with Crippen LogP contribution in [-0.2, 0) is 19.1 Å². The molecule has 0 saturated heterocycles. The molecule has 1 fully saturated rings. The summed E-state index contributed by atoms with van der Waals surface area (Å²) in [6, 6.07) is 0. The van der Waals surface area contributed by atoms with Gasteiger partial charge in [0.15, 0.2) is 0 Å². The first-order valence-electron chi connectivity index (χ1n) is 6.86. The van der Waals surface area contributed by atoms with Crippen LogP contribution in [0.15, 0.2) is 22.5 Å². The third kappa shape index (κ3) is 2.57. The van der Waals surface area contributed by atoms with Crippen molar-refractivity contribution in [2.24, 2.45) is 5.92 Å². The maximum Gasteiger partial charge on any atom is 0.338 e. The fourth-order valence-electron chi connectivity index (χ4n) is 3.00. The van der Waals surface area contributed by atoms with E-state index in [1.165, 1.54) is 12.5 Å². The van der Waals surface area contributed by atoms with Crippen LogP contribution < -0.4 is 0 Å². The van der Waals surface area contributed by atoms with E-state index < -0.39 is 5.97 Å². The average molecular weight is 264 g/mol.